The fourth-order valence-corrected chi connectivity index (χ4v) is 0.277. The second-order valence-corrected chi connectivity index (χ2v) is 2.11. The molecule has 10 heavy (non-hydrogen) atoms. The third-order valence-electron chi connectivity index (χ3n) is 0.670. The third kappa shape index (κ3) is 5.04. The van der Waals surface area contributed by atoms with Gasteiger partial charge < -0.3 is 0 Å². The minimum atomic E-state index is -0.517. The van der Waals surface area contributed by atoms with Crippen molar-refractivity contribution in [2.24, 2.45) is 16.9 Å². The molecule has 58 valence electrons. The van der Waals surface area contributed by atoms with Crippen molar-refractivity contribution in [3.05, 3.63) is 0 Å². The molecular formula is C5H12N4O. The molecule has 5 heteroatoms. The molecule has 0 aromatic carbocycles. The van der Waals surface area contributed by atoms with Gasteiger partial charge in [0, 0.05) is 6.21 Å². The van der Waals surface area contributed by atoms with Crippen LogP contribution in [-0.2, 0) is 0 Å². The van der Waals surface area contributed by atoms with Crippen LogP contribution in [0.15, 0.2) is 5.10 Å². The van der Waals surface area contributed by atoms with Crippen molar-refractivity contribution >= 4 is 12.2 Å². The van der Waals surface area contributed by atoms with Crippen LogP contribution in [0.25, 0.3) is 0 Å². The molecule has 0 atom stereocenters. The number of nitrogens with zero attached hydrogens (tertiary/aromatic N) is 1. The summed E-state index contributed by atoms with van der Waals surface area (Å²) in [5.41, 5.74) is 4.03. The van der Waals surface area contributed by atoms with Crippen LogP contribution in [0.5, 0.6) is 0 Å². The summed E-state index contributed by atoms with van der Waals surface area (Å²) >= 11 is 0. The van der Waals surface area contributed by atoms with E-state index < -0.39 is 6.03 Å². The van der Waals surface area contributed by atoms with Gasteiger partial charge in [-0.3, -0.25) is 5.43 Å². The molecule has 0 aromatic rings. The van der Waals surface area contributed by atoms with E-state index in [9.17, 15) is 4.79 Å². The lowest BCUT2D eigenvalue weighted by Gasteiger charge is -1.96. The van der Waals surface area contributed by atoms with Crippen molar-refractivity contribution < 1.29 is 4.79 Å². The molecule has 5 nitrogen and oxygen atoms in total. The Kier molecular flexibility index (Phi) is 4.23. The van der Waals surface area contributed by atoms with Crippen molar-refractivity contribution in [3.63, 3.8) is 0 Å². The van der Waals surface area contributed by atoms with Gasteiger partial charge >= 0.3 is 6.03 Å². The first-order valence-corrected chi connectivity index (χ1v) is 2.96. The highest BCUT2D eigenvalue weighted by atomic mass is 16.2. The molecule has 2 amide bonds. The highest BCUT2D eigenvalue weighted by Crippen LogP contribution is 1.82. The van der Waals surface area contributed by atoms with Crippen LogP contribution in [0.4, 0.5) is 4.79 Å². The van der Waals surface area contributed by atoms with Gasteiger partial charge in [0.25, 0.3) is 0 Å². The Labute approximate surface area is 59.6 Å². The second kappa shape index (κ2) is 4.75. The number of rotatable bonds is 2. The topological polar surface area (TPSA) is 79.5 Å². The predicted molar refractivity (Wildman–Crippen MR) is 39.2 cm³/mol. The van der Waals surface area contributed by atoms with Crippen molar-refractivity contribution in [2.75, 3.05) is 0 Å². The first-order valence-electron chi connectivity index (χ1n) is 2.96. The zero-order valence-electron chi connectivity index (χ0n) is 6.09. The van der Waals surface area contributed by atoms with Crippen LogP contribution < -0.4 is 16.7 Å². The lowest BCUT2D eigenvalue weighted by Crippen LogP contribution is -2.37. The van der Waals surface area contributed by atoms with E-state index in [1.807, 2.05) is 19.3 Å². The average molecular weight is 144 g/mol. The van der Waals surface area contributed by atoms with Gasteiger partial charge in [-0.15, -0.1) is 0 Å². The number of nitrogens with two attached hydrogens (primary N) is 1. The van der Waals surface area contributed by atoms with E-state index in [4.69, 9.17) is 5.84 Å². The van der Waals surface area contributed by atoms with E-state index in [0.717, 1.165) is 0 Å². The molecule has 0 heterocycles. The maximum atomic E-state index is 10.3. The summed E-state index contributed by atoms with van der Waals surface area (Å²) in [6, 6.07) is -0.517. The van der Waals surface area contributed by atoms with Crippen LogP contribution >= 0.6 is 0 Å². The van der Waals surface area contributed by atoms with Gasteiger partial charge in [0.15, 0.2) is 0 Å². The summed E-state index contributed by atoms with van der Waals surface area (Å²) in [5.74, 6) is 5.07. The zero-order valence-corrected chi connectivity index (χ0v) is 6.09. The fourth-order valence-electron chi connectivity index (χ4n) is 0.277. The molecule has 0 aromatic heterocycles. The van der Waals surface area contributed by atoms with Crippen molar-refractivity contribution in [1.29, 1.82) is 0 Å². The summed E-state index contributed by atoms with van der Waals surface area (Å²) in [4.78, 5) is 10.3. The third-order valence-corrected chi connectivity index (χ3v) is 0.670. The minimum Gasteiger partial charge on any atom is -0.274 e. The number of amides is 2. The number of hydrazine groups is 1. The Hall–Kier alpha value is -1.10. The number of urea groups is 1. The molecule has 0 aliphatic rings. The van der Waals surface area contributed by atoms with E-state index >= 15 is 0 Å². The standard InChI is InChI=1S/C5H12N4O/c1-4(2)3-7-9-5(10)8-6/h3-4H,6H2,1-2H3,(H2,8,9,10). The number of hydrazone groups is 1. The summed E-state index contributed by atoms with van der Waals surface area (Å²) in [5, 5.41) is 3.57. The quantitative estimate of drug-likeness (QED) is 0.217. The largest absolute Gasteiger partial charge is 0.349 e. The van der Waals surface area contributed by atoms with Gasteiger partial charge in [0.05, 0.1) is 0 Å². The Balaban J connectivity index is 3.43. The normalized spacial score (nSPS) is 10.4. The molecule has 0 saturated carbocycles. The van der Waals surface area contributed by atoms with Crippen molar-refractivity contribution in [3.8, 4) is 0 Å². The van der Waals surface area contributed by atoms with Gasteiger partial charge in [0.1, 0.15) is 0 Å². The van der Waals surface area contributed by atoms with E-state index in [2.05, 4.69) is 10.5 Å². The van der Waals surface area contributed by atoms with Crippen molar-refractivity contribution in [1.82, 2.24) is 10.9 Å². The lowest BCUT2D eigenvalue weighted by atomic mass is 10.3. The summed E-state index contributed by atoms with van der Waals surface area (Å²) in [7, 11) is 0. The van der Waals surface area contributed by atoms with Crippen LogP contribution in [-0.4, -0.2) is 12.2 Å². The van der Waals surface area contributed by atoms with Gasteiger partial charge in [-0.25, -0.2) is 16.1 Å². The molecule has 0 spiro atoms. The van der Waals surface area contributed by atoms with Crippen molar-refractivity contribution in [2.45, 2.75) is 13.8 Å². The van der Waals surface area contributed by atoms with E-state index in [0.29, 0.717) is 5.92 Å². The maximum absolute atomic E-state index is 10.3. The average Bonchev–Trinajstić information content (AvgIpc) is 1.87. The van der Waals surface area contributed by atoms with Gasteiger partial charge in [-0.1, -0.05) is 13.8 Å². The highest BCUT2D eigenvalue weighted by Gasteiger charge is 1.90. The minimum absolute atomic E-state index is 0.318. The van der Waals surface area contributed by atoms with Gasteiger partial charge in [-0.05, 0) is 5.92 Å². The van der Waals surface area contributed by atoms with E-state index in [1.165, 1.54) is 0 Å². The Bertz CT molecular complexity index is 132. The molecule has 0 rings (SSSR count). The first-order chi connectivity index (χ1) is 4.66. The summed E-state index contributed by atoms with van der Waals surface area (Å²) in [6.07, 6.45) is 1.61. The van der Waals surface area contributed by atoms with E-state index in [1.54, 1.807) is 6.21 Å². The first kappa shape index (κ1) is 8.90. The molecule has 0 saturated heterocycles. The lowest BCUT2D eigenvalue weighted by molar-refractivity contribution is 0.241. The number of hydrogen-bond donors (Lipinski definition) is 3. The molecule has 0 aliphatic heterocycles. The number of nitrogens with one attached hydrogen (secondary N) is 2. The molecule has 4 N–H and O–H groups in total. The highest BCUT2D eigenvalue weighted by molar-refractivity contribution is 5.74. The SMILES string of the molecule is CC(C)C=NNC(=O)NN. The molecule has 0 fully saturated rings. The second-order valence-electron chi connectivity index (χ2n) is 2.11. The van der Waals surface area contributed by atoms with Crippen LogP contribution in [0.2, 0.25) is 0 Å². The number of hydrogen-bond acceptors (Lipinski definition) is 3. The molecular weight excluding hydrogens is 132 g/mol. The van der Waals surface area contributed by atoms with Crippen LogP contribution in [0.1, 0.15) is 13.8 Å². The number of carbonyl (C=O) groups excluding carboxylic acids is 1. The Morgan fingerprint density at radius 3 is 2.70 bits per heavy atom. The van der Waals surface area contributed by atoms with E-state index in [-0.39, 0.29) is 0 Å². The Morgan fingerprint density at radius 2 is 2.30 bits per heavy atom. The Morgan fingerprint density at radius 1 is 1.70 bits per heavy atom. The molecule has 0 radical (unpaired) electrons. The monoisotopic (exact) mass is 144 g/mol. The van der Waals surface area contributed by atoms with Gasteiger partial charge in [-0.2, -0.15) is 5.10 Å². The summed E-state index contributed by atoms with van der Waals surface area (Å²) < 4.78 is 0. The zero-order chi connectivity index (χ0) is 7.98. The maximum Gasteiger partial charge on any atom is 0.349 e. The molecule has 0 unspecified atom stereocenters. The van der Waals surface area contributed by atoms with Gasteiger partial charge in [0.2, 0.25) is 0 Å². The fraction of sp³-hybridized carbons (Fsp3) is 0.600. The molecule has 0 aliphatic carbocycles. The summed E-state index contributed by atoms with van der Waals surface area (Å²) in [6.45, 7) is 3.90. The predicted octanol–water partition coefficient (Wildman–Crippen LogP) is -0.199. The van der Waals surface area contributed by atoms with Crippen LogP contribution in [0.3, 0.4) is 0 Å². The van der Waals surface area contributed by atoms with Crippen LogP contribution in [0, 0.1) is 5.92 Å². The smallest absolute Gasteiger partial charge is 0.274 e. The molecule has 0 bridgehead atoms. The number of carbonyl (C=O) groups is 1.